The summed E-state index contributed by atoms with van der Waals surface area (Å²) in [6.45, 7) is 10.1. The summed E-state index contributed by atoms with van der Waals surface area (Å²) >= 11 is 0. The number of carbonyl (C=O) groups excluding carboxylic acids is 1. The van der Waals surface area contributed by atoms with Crippen molar-refractivity contribution in [2.24, 2.45) is 5.10 Å². The zero-order valence-electron chi connectivity index (χ0n) is 21.0. The fourth-order valence-electron chi connectivity index (χ4n) is 3.80. The number of nitrogens with zero attached hydrogens (tertiary/aromatic N) is 3. The van der Waals surface area contributed by atoms with Crippen molar-refractivity contribution in [1.29, 1.82) is 0 Å². The van der Waals surface area contributed by atoms with Crippen LogP contribution in [0.3, 0.4) is 0 Å². The van der Waals surface area contributed by atoms with Crippen molar-refractivity contribution >= 4 is 27.8 Å². The van der Waals surface area contributed by atoms with E-state index in [9.17, 15) is 13.2 Å². The SMILES string of the molecule is CCOc1ccc(N(CC(=O)N/N=C/c2cc(C)n(-c3ccc(C)c(C)c3)c2C)S(C)(=O)=O)cc1. The van der Waals surface area contributed by atoms with Gasteiger partial charge in [-0.1, -0.05) is 6.07 Å². The number of benzene rings is 2. The van der Waals surface area contributed by atoms with Crippen LogP contribution in [0.15, 0.2) is 53.6 Å². The number of sulfonamides is 1. The molecule has 0 aliphatic heterocycles. The van der Waals surface area contributed by atoms with Gasteiger partial charge in [0.2, 0.25) is 10.0 Å². The average Bonchev–Trinajstić information content (AvgIpc) is 3.07. The lowest BCUT2D eigenvalue weighted by Gasteiger charge is -2.21. The average molecular weight is 497 g/mol. The Morgan fingerprint density at radius 1 is 1.06 bits per heavy atom. The Hall–Kier alpha value is -3.59. The van der Waals surface area contributed by atoms with E-state index < -0.39 is 22.5 Å². The molecule has 0 unspecified atom stereocenters. The van der Waals surface area contributed by atoms with Crippen LogP contribution in [0.5, 0.6) is 5.75 Å². The number of aryl methyl sites for hydroxylation is 3. The van der Waals surface area contributed by atoms with Crippen molar-refractivity contribution in [2.75, 3.05) is 23.7 Å². The Balaban J connectivity index is 1.73. The van der Waals surface area contributed by atoms with Crippen molar-refractivity contribution in [3.8, 4) is 11.4 Å². The maximum Gasteiger partial charge on any atom is 0.260 e. The lowest BCUT2D eigenvalue weighted by molar-refractivity contribution is -0.119. The van der Waals surface area contributed by atoms with E-state index in [0.29, 0.717) is 18.0 Å². The van der Waals surface area contributed by atoms with Crippen LogP contribution in [0, 0.1) is 27.7 Å². The monoisotopic (exact) mass is 496 g/mol. The Morgan fingerprint density at radius 3 is 2.34 bits per heavy atom. The summed E-state index contributed by atoms with van der Waals surface area (Å²) in [5.74, 6) is 0.0701. The minimum Gasteiger partial charge on any atom is -0.494 e. The van der Waals surface area contributed by atoms with Gasteiger partial charge in [0, 0.05) is 22.6 Å². The summed E-state index contributed by atoms with van der Waals surface area (Å²) in [5, 5.41) is 4.07. The summed E-state index contributed by atoms with van der Waals surface area (Å²) in [6.07, 6.45) is 2.63. The molecule has 0 bridgehead atoms. The second-order valence-electron chi connectivity index (χ2n) is 8.42. The summed E-state index contributed by atoms with van der Waals surface area (Å²) in [6, 6.07) is 14.8. The van der Waals surface area contributed by atoms with Crippen LogP contribution in [0.4, 0.5) is 5.69 Å². The first kappa shape index (κ1) is 26.0. The lowest BCUT2D eigenvalue weighted by Crippen LogP contribution is -2.39. The molecule has 9 heteroatoms. The van der Waals surface area contributed by atoms with E-state index in [0.717, 1.165) is 33.2 Å². The Morgan fingerprint density at radius 2 is 1.74 bits per heavy atom. The van der Waals surface area contributed by atoms with E-state index in [2.05, 4.69) is 47.1 Å². The molecule has 0 saturated heterocycles. The quantitative estimate of drug-likeness (QED) is 0.358. The van der Waals surface area contributed by atoms with Crippen molar-refractivity contribution in [3.63, 3.8) is 0 Å². The zero-order valence-corrected chi connectivity index (χ0v) is 21.8. The number of hydrogen-bond acceptors (Lipinski definition) is 5. The lowest BCUT2D eigenvalue weighted by atomic mass is 10.1. The summed E-state index contributed by atoms with van der Waals surface area (Å²) in [7, 11) is -3.69. The van der Waals surface area contributed by atoms with Crippen molar-refractivity contribution in [3.05, 3.63) is 76.6 Å². The van der Waals surface area contributed by atoms with Crippen LogP contribution in [-0.4, -0.2) is 44.5 Å². The van der Waals surface area contributed by atoms with E-state index >= 15 is 0 Å². The number of ether oxygens (including phenoxy) is 1. The molecule has 0 aliphatic rings. The number of aromatic nitrogens is 1. The van der Waals surface area contributed by atoms with Gasteiger partial charge in [-0.3, -0.25) is 9.10 Å². The highest BCUT2D eigenvalue weighted by Crippen LogP contribution is 2.23. The summed E-state index contributed by atoms with van der Waals surface area (Å²) in [5.41, 5.74) is 9.18. The molecule has 8 nitrogen and oxygen atoms in total. The van der Waals surface area contributed by atoms with E-state index in [-0.39, 0.29) is 0 Å². The Kier molecular flexibility index (Phi) is 8.01. The molecule has 1 N–H and O–H groups in total. The van der Waals surface area contributed by atoms with Gasteiger partial charge in [0.05, 0.1) is 24.8 Å². The van der Waals surface area contributed by atoms with E-state index in [1.165, 1.54) is 11.1 Å². The molecule has 0 aliphatic carbocycles. The minimum absolute atomic E-state index is 0.368. The minimum atomic E-state index is -3.69. The summed E-state index contributed by atoms with van der Waals surface area (Å²) in [4.78, 5) is 12.5. The molecule has 1 amide bonds. The van der Waals surface area contributed by atoms with Gasteiger partial charge in [0.1, 0.15) is 12.3 Å². The first-order chi connectivity index (χ1) is 16.5. The van der Waals surface area contributed by atoms with E-state index in [1.54, 1.807) is 30.5 Å². The van der Waals surface area contributed by atoms with Crippen LogP contribution in [0.2, 0.25) is 0 Å². The first-order valence-electron chi connectivity index (χ1n) is 11.3. The number of hydrazone groups is 1. The maximum atomic E-state index is 12.5. The predicted molar refractivity (Wildman–Crippen MR) is 140 cm³/mol. The number of carbonyl (C=O) groups is 1. The van der Waals surface area contributed by atoms with Crippen LogP contribution in [0.25, 0.3) is 5.69 Å². The van der Waals surface area contributed by atoms with Crippen molar-refractivity contribution in [2.45, 2.75) is 34.6 Å². The Labute approximate surface area is 207 Å². The molecule has 0 spiro atoms. The molecule has 0 radical (unpaired) electrons. The number of rotatable bonds is 9. The smallest absolute Gasteiger partial charge is 0.260 e. The fraction of sp³-hybridized carbons (Fsp3) is 0.308. The van der Waals surface area contributed by atoms with Gasteiger partial charge in [0.25, 0.3) is 5.91 Å². The van der Waals surface area contributed by atoms with Crippen LogP contribution in [0.1, 0.15) is 35.0 Å². The topological polar surface area (TPSA) is 93.0 Å². The second kappa shape index (κ2) is 10.8. The molecule has 0 saturated carbocycles. The molecule has 186 valence electrons. The van der Waals surface area contributed by atoms with Crippen LogP contribution >= 0.6 is 0 Å². The van der Waals surface area contributed by atoms with Gasteiger partial charge in [0.15, 0.2) is 0 Å². The molecule has 3 aromatic rings. The summed E-state index contributed by atoms with van der Waals surface area (Å²) < 4.78 is 33.2. The first-order valence-corrected chi connectivity index (χ1v) is 13.1. The number of hydrogen-bond donors (Lipinski definition) is 1. The standard InChI is InChI=1S/C26H32N4O4S/c1-7-34-25-12-10-23(11-13-25)29(35(6,32)33)17-26(31)28-27-16-22-15-20(4)30(21(22)5)24-9-8-18(2)19(3)14-24/h8-16H,7,17H2,1-6H3,(H,28,31)/b27-16+. The zero-order chi connectivity index (χ0) is 25.8. The highest BCUT2D eigenvalue weighted by molar-refractivity contribution is 7.92. The fourth-order valence-corrected chi connectivity index (χ4v) is 4.65. The van der Waals surface area contributed by atoms with Crippen LogP contribution in [-0.2, 0) is 14.8 Å². The largest absolute Gasteiger partial charge is 0.494 e. The molecule has 0 fully saturated rings. The molecular weight excluding hydrogens is 464 g/mol. The number of nitrogens with one attached hydrogen (secondary N) is 1. The molecular formula is C26H32N4O4S. The predicted octanol–water partition coefficient (Wildman–Crippen LogP) is 4.03. The molecule has 1 heterocycles. The van der Waals surface area contributed by atoms with Gasteiger partial charge in [-0.15, -0.1) is 0 Å². The van der Waals surface area contributed by atoms with Crippen molar-refractivity contribution in [1.82, 2.24) is 9.99 Å². The molecule has 3 rings (SSSR count). The van der Waals surface area contributed by atoms with Gasteiger partial charge >= 0.3 is 0 Å². The number of amides is 1. The molecule has 35 heavy (non-hydrogen) atoms. The Bertz CT molecular complexity index is 1340. The molecule has 0 atom stereocenters. The molecule has 1 aromatic heterocycles. The van der Waals surface area contributed by atoms with Crippen molar-refractivity contribution < 1.29 is 17.9 Å². The van der Waals surface area contributed by atoms with E-state index in [1.807, 2.05) is 26.8 Å². The maximum absolute atomic E-state index is 12.5. The third-order valence-electron chi connectivity index (χ3n) is 5.74. The normalized spacial score (nSPS) is 11.6. The van der Waals surface area contributed by atoms with Gasteiger partial charge < -0.3 is 9.30 Å². The highest BCUT2D eigenvalue weighted by atomic mass is 32.2. The third-order valence-corrected chi connectivity index (χ3v) is 6.88. The third kappa shape index (κ3) is 6.30. The van der Waals surface area contributed by atoms with Gasteiger partial charge in [-0.25, -0.2) is 13.8 Å². The van der Waals surface area contributed by atoms with Gasteiger partial charge in [-0.05, 0) is 88.2 Å². The van der Waals surface area contributed by atoms with Gasteiger partial charge in [-0.2, -0.15) is 5.10 Å². The highest BCUT2D eigenvalue weighted by Gasteiger charge is 2.21. The number of anilines is 1. The van der Waals surface area contributed by atoms with Crippen LogP contribution < -0.4 is 14.5 Å². The molecule has 2 aromatic carbocycles. The second-order valence-corrected chi connectivity index (χ2v) is 10.3. The van der Waals surface area contributed by atoms with E-state index in [4.69, 9.17) is 4.74 Å².